The first kappa shape index (κ1) is 20.7. The number of nitrogens with zero attached hydrogens (tertiary/aromatic N) is 4. The van der Waals surface area contributed by atoms with Crippen molar-refractivity contribution in [2.75, 3.05) is 6.26 Å². The minimum atomic E-state index is -3.85. The summed E-state index contributed by atoms with van der Waals surface area (Å²) < 4.78 is 28.5. The molecule has 1 aliphatic rings. The maximum absolute atomic E-state index is 13.6. The minimum Gasteiger partial charge on any atom is -0.253 e. The van der Waals surface area contributed by atoms with Crippen LogP contribution in [0.5, 0.6) is 0 Å². The Morgan fingerprint density at radius 3 is 2.41 bits per heavy atom. The molecular formula is C24H20N4O2S2. The molecule has 0 unspecified atom stereocenters. The largest absolute Gasteiger partial charge is 0.279 e. The number of hydrazone groups is 1. The molecule has 0 bridgehead atoms. The molecule has 160 valence electrons. The molecule has 5 rings (SSSR count). The van der Waals surface area contributed by atoms with Crippen LogP contribution in [0.15, 0.2) is 100 Å². The van der Waals surface area contributed by atoms with Gasteiger partial charge >= 0.3 is 0 Å². The van der Waals surface area contributed by atoms with Gasteiger partial charge in [-0.25, -0.2) is 0 Å². The van der Waals surface area contributed by atoms with E-state index in [-0.39, 0.29) is 4.90 Å². The van der Waals surface area contributed by atoms with Crippen LogP contribution in [0.4, 0.5) is 0 Å². The zero-order valence-electron chi connectivity index (χ0n) is 17.3. The topological polar surface area (TPSA) is 75.5 Å². The molecule has 1 aliphatic heterocycles. The van der Waals surface area contributed by atoms with Gasteiger partial charge in [0.25, 0.3) is 10.0 Å². The second-order valence-corrected chi connectivity index (χ2v) is 10.0. The molecule has 0 fully saturated rings. The summed E-state index contributed by atoms with van der Waals surface area (Å²) in [7, 11) is -3.85. The molecule has 0 saturated heterocycles. The van der Waals surface area contributed by atoms with Gasteiger partial charge < -0.3 is 0 Å². The highest BCUT2D eigenvalue weighted by molar-refractivity contribution is 7.98. The third-order valence-corrected chi connectivity index (χ3v) is 7.95. The predicted molar refractivity (Wildman–Crippen MR) is 127 cm³/mol. The Bertz CT molecular complexity index is 1420. The number of fused-ring (bicyclic) bond motifs is 1. The third-order valence-electron chi connectivity index (χ3n) is 5.46. The molecule has 0 N–H and O–H groups in total. The van der Waals surface area contributed by atoms with Crippen molar-refractivity contribution in [2.45, 2.75) is 22.3 Å². The van der Waals surface area contributed by atoms with Crippen molar-refractivity contribution in [1.82, 2.24) is 14.4 Å². The number of hydrogen-bond acceptors (Lipinski definition) is 6. The van der Waals surface area contributed by atoms with Crippen LogP contribution in [0.2, 0.25) is 0 Å². The first-order chi connectivity index (χ1) is 15.6. The van der Waals surface area contributed by atoms with Crippen LogP contribution >= 0.6 is 11.8 Å². The summed E-state index contributed by atoms with van der Waals surface area (Å²) in [6.45, 7) is 0. The maximum Gasteiger partial charge on any atom is 0.279 e. The van der Waals surface area contributed by atoms with E-state index in [1.54, 1.807) is 54.5 Å². The van der Waals surface area contributed by atoms with Gasteiger partial charge in [0.05, 0.1) is 27.7 Å². The summed E-state index contributed by atoms with van der Waals surface area (Å²) in [6, 6.07) is 21.6. The first-order valence-corrected chi connectivity index (χ1v) is 12.8. The van der Waals surface area contributed by atoms with E-state index in [1.165, 1.54) is 4.41 Å². The molecule has 2 heterocycles. The summed E-state index contributed by atoms with van der Waals surface area (Å²) in [5, 5.41) is 4.67. The molecule has 1 aromatic heterocycles. The first-order valence-electron chi connectivity index (χ1n) is 10.1. The van der Waals surface area contributed by atoms with Gasteiger partial charge in [0, 0.05) is 29.3 Å². The Labute approximate surface area is 191 Å². The Kier molecular flexibility index (Phi) is 5.40. The molecule has 0 spiro atoms. The van der Waals surface area contributed by atoms with Crippen LogP contribution in [-0.2, 0) is 10.0 Å². The third kappa shape index (κ3) is 3.65. The fourth-order valence-electron chi connectivity index (χ4n) is 3.89. The Balaban J connectivity index is 1.64. The van der Waals surface area contributed by atoms with E-state index in [0.717, 1.165) is 32.8 Å². The van der Waals surface area contributed by atoms with Gasteiger partial charge in [-0.3, -0.25) is 9.97 Å². The van der Waals surface area contributed by atoms with Gasteiger partial charge in [-0.15, -0.1) is 11.8 Å². The van der Waals surface area contributed by atoms with E-state index >= 15 is 0 Å². The van der Waals surface area contributed by atoms with Crippen molar-refractivity contribution in [3.63, 3.8) is 0 Å². The van der Waals surface area contributed by atoms with E-state index in [2.05, 4.69) is 15.1 Å². The van der Waals surface area contributed by atoms with Gasteiger partial charge in [0.2, 0.25) is 0 Å². The zero-order chi connectivity index (χ0) is 22.1. The van der Waals surface area contributed by atoms with Gasteiger partial charge in [-0.1, -0.05) is 42.5 Å². The van der Waals surface area contributed by atoms with Crippen LogP contribution in [0.25, 0.3) is 11.0 Å². The molecule has 3 aromatic carbocycles. The summed E-state index contributed by atoms with van der Waals surface area (Å²) in [5.74, 6) is 0. The van der Waals surface area contributed by atoms with Crippen molar-refractivity contribution >= 4 is 38.5 Å². The van der Waals surface area contributed by atoms with Gasteiger partial charge in [-0.05, 0) is 42.2 Å². The van der Waals surface area contributed by atoms with E-state index in [4.69, 9.17) is 0 Å². The molecule has 0 radical (unpaired) electrons. The highest BCUT2D eigenvalue weighted by Crippen LogP contribution is 2.39. The van der Waals surface area contributed by atoms with E-state index in [9.17, 15) is 8.42 Å². The van der Waals surface area contributed by atoms with Crippen molar-refractivity contribution in [3.05, 3.63) is 96.3 Å². The Morgan fingerprint density at radius 2 is 1.62 bits per heavy atom. The fraction of sp³-hybridized carbons (Fsp3) is 0.125. The molecular weight excluding hydrogens is 440 g/mol. The van der Waals surface area contributed by atoms with Crippen molar-refractivity contribution in [2.24, 2.45) is 5.10 Å². The lowest BCUT2D eigenvalue weighted by atomic mass is 9.98. The van der Waals surface area contributed by atoms with Crippen LogP contribution in [0.1, 0.15) is 23.6 Å². The average Bonchev–Trinajstić information content (AvgIpc) is 3.30. The van der Waals surface area contributed by atoms with Crippen LogP contribution in [0.3, 0.4) is 0 Å². The second-order valence-electron chi connectivity index (χ2n) is 7.36. The number of thioether (sulfide) groups is 1. The lowest BCUT2D eigenvalue weighted by Crippen LogP contribution is -2.27. The number of hydrogen-bond donors (Lipinski definition) is 0. The smallest absolute Gasteiger partial charge is 0.253 e. The quantitative estimate of drug-likeness (QED) is 0.396. The lowest BCUT2D eigenvalue weighted by Gasteiger charge is -2.23. The summed E-state index contributed by atoms with van der Waals surface area (Å²) in [4.78, 5) is 10.00. The van der Waals surface area contributed by atoms with Gasteiger partial charge in [-0.2, -0.15) is 17.9 Å². The standard InChI is InChI=1S/C24H20N4O2S2/c1-31-24-10-6-5-9-19(24)21-16-23(17-11-12-20-22(15-17)26-14-13-25-20)28(27-21)32(29,30)18-7-3-2-4-8-18/h2-15,23H,16H2,1H3/t23-/m0/s1. The molecule has 0 aliphatic carbocycles. The SMILES string of the molecule is CSc1ccccc1C1=NN(S(=O)(=O)c2ccccc2)[C@H](c2ccc3nccnc3c2)C1. The van der Waals surface area contributed by atoms with E-state index in [0.29, 0.717) is 6.42 Å². The monoisotopic (exact) mass is 460 g/mol. The summed E-state index contributed by atoms with van der Waals surface area (Å²) >= 11 is 1.62. The number of sulfonamides is 1. The molecule has 4 aromatic rings. The lowest BCUT2D eigenvalue weighted by molar-refractivity contribution is 0.371. The Hall–Kier alpha value is -3.23. The molecule has 32 heavy (non-hydrogen) atoms. The minimum absolute atomic E-state index is 0.216. The van der Waals surface area contributed by atoms with Crippen molar-refractivity contribution < 1.29 is 8.42 Å². The highest BCUT2D eigenvalue weighted by atomic mass is 32.2. The summed E-state index contributed by atoms with van der Waals surface area (Å²) in [6.07, 6.45) is 5.75. The number of aromatic nitrogens is 2. The second kappa shape index (κ2) is 8.37. The van der Waals surface area contributed by atoms with Crippen LogP contribution in [-0.4, -0.2) is 34.8 Å². The molecule has 6 nitrogen and oxygen atoms in total. The van der Waals surface area contributed by atoms with E-state index < -0.39 is 16.1 Å². The van der Waals surface area contributed by atoms with Gasteiger partial charge in [0.15, 0.2) is 0 Å². The fourth-order valence-corrected chi connectivity index (χ4v) is 5.97. The summed E-state index contributed by atoms with van der Waals surface area (Å²) in [5.41, 5.74) is 4.02. The van der Waals surface area contributed by atoms with Crippen LogP contribution < -0.4 is 0 Å². The number of rotatable bonds is 5. The molecule has 0 saturated carbocycles. The molecule has 0 amide bonds. The molecule has 1 atom stereocenters. The molecule has 8 heteroatoms. The van der Waals surface area contributed by atoms with Crippen molar-refractivity contribution in [1.29, 1.82) is 0 Å². The van der Waals surface area contributed by atoms with E-state index in [1.807, 2.05) is 48.7 Å². The zero-order valence-corrected chi connectivity index (χ0v) is 18.9. The number of benzene rings is 3. The predicted octanol–water partition coefficient (Wildman–Crippen LogP) is 4.89. The normalized spacial score (nSPS) is 16.3. The Morgan fingerprint density at radius 1 is 0.906 bits per heavy atom. The highest BCUT2D eigenvalue weighted by Gasteiger charge is 2.38. The average molecular weight is 461 g/mol. The van der Waals surface area contributed by atoms with Crippen LogP contribution in [0, 0.1) is 0 Å². The van der Waals surface area contributed by atoms with Crippen molar-refractivity contribution in [3.8, 4) is 0 Å². The maximum atomic E-state index is 13.6. The van der Waals surface area contributed by atoms with Gasteiger partial charge in [0.1, 0.15) is 0 Å².